The lowest BCUT2D eigenvalue weighted by Crippen LogP contribution is -2.57. The number of hydrogen-bond acceptors (Lipinski definition) is 5. The zero-order valence-electron chi connectivity index (χ0n) is 10.5. The van der Waals surface area contributed by atoms with Crippen molar-refractivity contribution in [2.45, 2.75) is 56.6 Å². The van der Waals surface area contributed by atoms with Gasteiger partial charge in [0.05, 0.1) is 0 Å². The molecule has 5 atom stereocenters. The van der Waals surface area contributed by atoms with Crippen molar-refractivity contribution in [3.8, 4) is 0 Å². The molecule has 0 aromatic heterocycles. The smallest absolute Gasteiger partial charge is 0.186 e. The Bertz CT molecular complexity index is 316. The number of aliphatic hydroxyl groups excluding tert-OH is 1. The van der Waals surface area contributed by atoms with Gasteiger partial charge in [0.25, 0.3) is 0 Å². The fourth-order valence-electron chi connectivity index (χ4n) is 3.31. The van der Waals surface area contributed by atoms with Crippen molar-refractivity contribution in [3.05, 3.63) is 0 Å². The highest BCUT2D eigenvalue weighted by molar-refractivity contribution is 5.13. The van der Waals surface area contributed by atoms with E-state index in [0.29, 0.717) is 0 Å². The number of fused-ring (bicyclic) bond motifs is 2. The Kier molecular flexibility index (Phi) is 2.55. The van der Waals surface area contributed by atoms with Gasteiger partial charge >= 0.3 is 0 Å². The van der Waals surface area contributed by atoms with E-state index in [2.05, 4.69) is 0 Å². The summed E-state index contributed by atoms with van der Waals surface area (Å²) in [6.45, 7) is 3.93. The van der Waals surface area contributed by atoms with Crippen LogP contribution in [0, 0.1) is 5.92 Å². The molecule has 5 nitrogen and oxygen atoms in total. The summed E-state index contributed by atoms with van der Waals surface area (Å²) in [6.07, 6.45) is 1.16. The van der Waals surface area contributed by atoms with Crippen molar-refractivity contribution in [1.82, 2.24) is 0 Å². The van der Waals surface area contributed by atoms with Crippen LogP contribution in [0.5, 0.6) is 0 Å². The molecule has 5 heteroatoms. The maximum atomic E-state index is 9.40. The highest BCUT2D eigenvalue weighted by atomic mass is 16.8. The molecule has 17 heavy (non-hydrogen) atoms. The van der Waals surface area contributed by atoms with Gasteiger partial charge < -0.3 is 24.1 Å². The van der Waals surface area contributed by atoms with E-state index in [1.807, 2.05) is 13.8 Å². The number of ether oxygens (including phenoxy) is 4. The van der Waals surface area contributed by atoms with Gasteiger partial charge in [-0.15, -0.1) is 0 Å². The zero-order valence-corrected chi connectivity index (χ0v) is 10.5. The molecular formula is C12H20O5. The Morgan fingerprint density at radius 1 is 1.29 bits per heavy atom. The first-order valence-corrected chi connectivity index (χ1v) is 6.19. The zero-order chi connectivity index (χ0) is 12.3. The van der Waals surface area contributed by atoms with E-state index in [1.54, 1.807) is 7.11 Å². The highest BCUT2D eigenvalue weighted by Crippen LogP contribution is 2.55. The van der Waals surface area contributed by atoms with E-state index >= 15 is 0 Å². The first-order valence-electron chi connectivity index (χ1n) is 6.19. The van der Waals surface area contributed by atoms with Gasteiger partial charge in [-0.05, 0) is 26.7 Å². The summed E-state index contributed by atoms with van der Waals surface area (Å²) in [6, 6.07) is 0. The van der Waals surface area contributed by atoms with Crippen molar-refractivity contribution in [1.29, 1.82) is 0 Å². The average Bonchev–Trinajstić information content (AvgIpc) is 2.69. The Hall–Kier alpha value is -0.200. The van der Waals surface area contributed by atoms with Crippen LogP contribution in [0.2, 0.25) is 0 Å². The summed E-state index contributed by atoms with van der Waals surface area (Å²) < 4.78 is 23.1. The van der Waals surface area contributed by atoms with Gasteiger partial charge in [-0.1, -0.05) is 0 Å². The monoisotopic (exact) mass is 244 g/mol. The van der Waals surface area contributed by atoms with Gasteiger partial charge in [0.2, 0.25) is 0 Å². The SMILES string of the molecule is COC1O[C@@]2(CC[C@H]2CO)[C@@H]2OC(C)(C)OC12. The molecule has 1 aliphatic carbocycles. The van der Waals surface area contributed by atoms with Crippen LogP contribution in [0.4, 0.5) is 0 Å². The molecular weight excluding hydrogens is 224 g/mol. The lowest BCUT2D eigenvalue weighted by molar-refractivity contribution is -0.282. The molecule has 1 N–H and O–H groups in total. The quantitative estimate of drug-likeness (QED) is 0.773. The van der Waals surface area contributed by atoms with Crippen LogP contribution in [0.25, 0.3) is 0 Å². The van der Waals surface area contributed by atoms with E-state index in [1.165, 1.54) is 0 Å². The Balaban J connectivity index is 1.88. The largest absolute Gasteiger partial charge is 0.396 e. The standard InChI is InChI=1S/C12H20O5/c1-11(2)15-8-9(16-11)12(17-10(8)14-3)5-4-7(12)6-13/h7-10,13H,4-6H2,1-3H3/t7-,8?,9+,10?,12+/m0/s1. The van der Waals surface area contributed by atoms with Crippen molar-refractivity contribution in [2.24, 2.45) is 5.92 Å². The van der Waals surface area contributed by atoms with E-state index in [9.17, 15) is 5.11 Å². The van der Waals surface area contributed by atoms with Crippen molar-refractivity contribution >= 4 is 0 Å². The van der Waals surface area contributed by atoms with Crippen LogP contribution in [-0.2, 0) is 18.9 Å². The predicted octanol–water partition coefficient (Wildman–Crippen LogP) is 0.650. The van der Waals surface area contributed by atoms with E-state index < -0.39 is 17.7 Å². The molecule has 0 bridgehead atoms. The summed E-state index contributed by atoms with van der Waals surface area (Å²) in [5, 5.41) is 9.40. The van der Waals surface area contributed by atoms with Gasteiger partial charge in [-0.2, -0.15) is 0 Å². The summed E-state index contributed by atoms with van der Waals surface area (Å²) in [7, 11) is 1.61. The molecule has 2 saturated heterocycles. The number of methoxy groups -OCH3 is 1. The van der Waals surface area contributed by atoms with Crippen LogP contribution < -0.4 is 0 Å². The Morgan fingerprint density at radius 2 is 2.06 bits per heavy atom. The van der Waals surface area contributed by atoms with Crippen molar-refractivity contribution < 1.29 is 24.1 Å². The van der Waals surface area contributed by atoms with Gasteiger partial charge in [0.15, 0.2) is 12.1 Å². The second kappa shape index (κ2) is 3.65. The fraction of sp³-hybridized carbons (Fsp3) is 1.00. The van der Waals surface area contributed by atoms with E-state index in [0.717, 1.165) is 12.8 Å². The minimum Gasteiger partial charge on any atom is -0.396 e. The van der Waals surface area contributed by atoms with Gasteiger partial charge in [-0.25, -0.2) is 0 Å². The fourth-order valence-corrected chi connectivity index (χ4v) is 3.31. The Morgan fingerprint density at radius 3 is 2.59 bits per heavy atom. The topological polar surface area (TPSA) is 57.2 Å². The van der Waals surface area contributed by atoms with Crippen LogP contribution in [0.15, 0.2) is 0 Å². The number of hydrogen-bond donors (Lipinski definition) is 1. The minimum absolute atomic E-state index is 0.128. The second-order valence-electron chi connectivity index (χ2n) is 5.62. The Labute approximate surface area is 101 Å². The molecule has 98 valence electrons. The molecule has 0 amide bonds. The third kappa shape index (κ3) is 1.50. The molecule has 2 unspecified atom stereocenters. The normalized spacial score (nSPS) is 51.5. The summed E-state index contributed by atoms with van der Waals surface area (Å²) >= 11 is 0. The van der Waals surface area contributed by atoms with Crippen LogP contribution in [-0.4, -0.2) is 48.7 Å². The maximum Gasteiger partial charge on any atom is 0.186 e. The van der Waals surface area contributed by atoms with Crippen LogP contribution in [0.1, 0.15) is 26.7 Å². The van der Waals surface area contributed by atoms with Gasteiger partial charge in [-0.3, -0.25) is 0 Å². The first-order chi connectivity index (χ1) is 8.02. The highest BCUT2D eigenvalue weighted by Gasteiger charge is 2.68. The molecule has 0 aromatic rings. The molecule has 3 aliphatic rings. The third-order valence-corrected chi connectivity index (χ3v) is 4.24. The number of rotatable bonds is 2. The molecule has 2 aliphatic heterocycles. The van der Waals surface area contributed by atoms with E-state index in [-0.39, 0.29) is 24.7 Å². The van der Waals surface area contributed by atoms with Gasteiger partial charge in [0, 0.05) is 19.6 Å². The summed E-state index contributed by atoms with van der Waals surface area (Å²) in [4.78, 5) is 0. The van der Waals surface area contributed by atoms with Crippen LogP contribution in [0.3, 0.4) is 0 Å². The van der Waals surface area contributed by atoms with E-state index in [4.69, 9.17) is 18.9 Å². The van der Waals surface area contributed by atoms with Crippen molar-refractivity contribution in [2.75, 3.05) is 13.7 Å². The molecule has 3 rings (SSSR count). The van der Waals surface area contributed by atoms with Crippen LogP contribution >= 0.6 is 0 Å². The third-order valence-electron chi connectivity index (χ3n) is 4.24. The molecule has 1 spiro atoms. The first kappa shape index (κ1) is 11.9. The maximum absolute atomic E-state index is 9.40. The average molecular weight is 244 g/mol. The minimum atomic E-state index is -0.599. The molecule has 1 saturated carbocycles. The molecule has 0 aromatic carbocycles. The molecule has 3 fully saturated rings. The lowest BCUT2D eigenvalue weighted by atomic mass is 9.66. The number of aliphatic hydroxyl groups is 1. The molecule has 2 heterocycles. The lowest BCUT2D eigenvalue weighted by Gasteiger charge is -2.48. The summed E-state index contributed by atoms with van der Waals surface area (Å²) in [5.74, 6) is -0.467. The summed E-state index contributed by atoms with van der Waals surface area (Å²) in [5.41, 5.74) is -0.409. The second-order valence-corrected chi connectivity index (χ2v) is 5.62. The molecule has 0 radical (unpaired) electrons. The van der Waals surface area contributed by atoms with Crippen molar-refractivity contribution in [3.63, 3.8) is 0 Å². The predicted molar refractivity (Wildman–Crippen MR) is 58.2 cm³/mol. The van der Waals surface area contributed by atoms with Gasteiger partial charge in [0.1, 0.15) is 17.8 Å².